The van der Waals surface area contributed by atoms with E-state index in [0.717, 1.165) is 19.3 Å². The zero-order chi connectivity index (χ0) is 17.1. The maximum atomic E-state index is 14.1. The fourth-order valence-corrected chi connectivity index (χ4v) is 2.86. The van der Waals surface area contributed by atoms with Crippen LogP contribution in [0, 0.1) is 11.7 Å². The molecule has 1 unspecified atom stereocenters. The predicted molar refractivity (Wildman–Crippen MR) is 95.4 cm³/mol. The Morgan fingerprint density at radius 1 is 1.40 bits per heavy atom. The molecule has 0 bridgehead atoms. The van der Waals surface area contributed by atoms with Gasteiger partial charge in [-0.05, 0) is 56.2 Å². The van der Waals surface area contributed by atoms with Crippen LogP contribution in [0.5, 0.6) is 5.75 Å². The smallest absolute Gasteiger partial charge is 0.249 e. The van der Waals surface area contributed by atoms with Gasteiger partial charge in [-0.1, -0.05) is 6.07 Å². The van der Waals surface area contributed by atoms with E-state index in [1.54, 1.807) is 12.1 Å². The largest absolute Gasteiger partial charge is 0.490 e. The SMILES string of the molecule is CC(NC(=O)[C@@H]1CC[C@H](CN)O1)c1ccc(OCC2CC2)c(F)c1.Cl. The molecule has 1 aliphatic carbocycles. The van der Waals surface area contributed by atoms with Crippen LogP contribution in [0.2, 0.25) is 0 Å². The van der Waals surface area contributed by atoms with E-state index in [2.05, 4.69) is 5.32 Å². The van der Waals surface area contributed by atoms with Crippen molar-refractivity contribution >= 4 is 18.3 Å². The molecule has 140 valence electrons. The average molecular weight is 373 g/mol. The summed E-state index contributed by atoms with van der Waals surface area (Å²) in [6.45, 7) is 2.82. The Bertz CT molecular complexity index is 598. The molecule has 3 N–H and O–H groups in total. The second kappa shape index (κ2) is 8.83. The normalized spacial score (nSPS) is 23.6. The average Bonchev–Trinajstić information content (AvgIpc) is 3.27. The van der Waals surface area contributed by atoms with Crippen molar-refractivity contribution < 1.29 is 18.7 Å². The molecule has 0 radical (unpaired) electrons. The quantitative estimate of drug-likeness (QED) is 0.771. The minimum atomic E-state index is -0.466. The van der Waals surface area contributed by atoms with Crippen molar-refractivity contribution in [1.29, 1.82) is 0 Å². The molecule has 1 heterocycles. The van der Waals surface area contributed by atoms with Crippen LogP contribution in [0.4, 0.5) is 4.39 Å². The van der Waals surface area contributed by atoms with Gasteiger partial charge in [-0.25, -0.2) is 4.39 Å². The van der Waals surface area contributed by atoms with Gasteiger partial charge in [0.15, 0.2) is 11.6 Å². The van der Waals surface area contributed by atoms with Crippen molar-refractivity contribution in [3.8, 4) is 5.75 Å². The Kier molecular flexibility index (Phi) is 7.04. The number of rotatable bonds is 7. The Morgan fingerprint density at radius 3 is 2.76 bits per heavy atom. The number of carbonyl (C=O) groups is 1. The van der Waals surface area contributed by atoms with E-state index in [4.69, 9.17) is 15.2 Å². The molecule has 1 saturated carbocycles. The summed E-state index contributed by atoms with van der Waals surface area (Å²) in [5.74, 6) is 0.280. The first-order chi connectivity index (χ1) is 11.6. The van der Waals surface area contributed by atoms with E-state index in [1.807, 2.05) is 6.92 Å². The zero-order valence-electron chi connectivity index (χ0n) is 14.4. The highest BCUT2D eigenvalue weighted by Crippen LogP contribution is 2.30. The van der Waals surface area contributed by atoms with E-state index in [0.29, 0.717) is 31.1 Å². The van der Waals surface area contributed by atoms with Gasteiger partial charge in [-0.2, -0.15) is 0 Å². The first-order valence-corrected chi connectivity index (χ1v) is 8.65. The van der Waals surface area contributed by atoms with E-state index < -0.39 is 11.9 Å². The van der Waals surface area contributed by atoms with Crippen LogP contribution < -0.4 is 15.8 Å². The lowest BCUT2D eigenvalue weighted by Gasteiger charge is -2.18. The Morgan fingerprint density at radius 2 is 2.16 bits per heavy atom. The van der Waals surface area contributed by atoms with Crippen LogP contribution in [-0.4, -0.2) is 31.3 Å². The van der Waals surface area contributed by atoms with Gasteiger partial charge >= 0.3 is 0 Å². The van der Waals surface area contributed by atoms with Crippen LogP contribution in [0.25, 0.3) is 0 Å². The molecule has 5 nitrogen and oxygen atoms in total. The minimum absolute atomic E-state index is 0. The minimum Gasteiger partial charge on any atom is -0.490 e. The predicted octanol–water partition coefficient (Wildman–Crippen LogP) is 2.72. The molecule has 25 heavy (non-hydrogen) atoms. The number of hydrogen-bond acceptors (Lipinski definition) is 4. The van der Waals surface area contributed by atoms with Gasteiger partial charge in [0.05, 0.1) is 18.8 Å². The lowest BCUT2D eigenvalue weighted by molar-refractivity contribution is -0.132. The van der Waals surface area contributed by atoms with Crippen LogP contribution in [0.3, 0.4) is 0 Å². The van der Waals surface area contributed by atoms with E-state index >= 15 is 0 Å². The van der Waals surface area contributed by atoms with Gasteiger partial charge in [-0.3, -0.25) is 4.79 Å². The number of amides is 1. The van der Waals surface area contributed by atoms with Gasteiger partial charge in [0.1, 0.15) is 6.10 Å². The van der Waals surface area contributed by atoms with E-state index in [1.165, 1.54) is 6.07 Å². The Balaban J connectivity index is 0.00000225. The second-order valence-corrected chi connectivity index (χ2v) is 6.73. The van der Waals surface area contributed by atoms with Crippen LogP contribution in [-0.2, 0) is 9.53 Å². The van der Waals surface area contributed by atoms with E-state index in [9.17, 15) is 9.18 Å². The highest BCUT2D eigenvalue weighted by molar-refractivity contribution is 5.85. The fourth-order valence-electron chi connectivity index (χ4n) is 2.86. The molecular formula is C18H26ClFN2O3. The molecular weight excluding hydrogens is 347 g/mol. The number of halogens is 2. The number of ether oxygens (including phenoxy) is 2. The third kappa shape index (κ3) is 5.30. The second-order valence-electron chi connectivity index (χ2n) is 6.73. The summed E-state index contributed by atoms with van der Waals surface area (Å²) in [5.41, 5.74) is 6.26. The van der Waals surface area contributed by atoms with Crippen LogP contribution in [0.15, 0.2) is 18.2 Å². The van der Waals surface area contributed by atoms with E-state index in [-0.39, 0.29) is 36.2 Å². The lowest BCUT2D eigenvalue weighted by atomic mass is 10.1. The van der Waals surface area contributed by atoms with Crippen LogP contribution in [0.1, 0.15) is 44.2 Å². The molecule has 1 amide bonds. The third-order valence-electron chi connectivity index (χ3n) is 4.65. The topological polar surface area (TPSA) is 73.6 Å². The molecule has 1 saturated heterocycles. The maximum absolute atomic E-state index is 14.1. The molecule has 2 aliphatic rings. The fraction of sp³-hybridized carbons (Fsp3) is 0.611. The monoisotopic (exact) mass is 372 g/mol. The van der Waals surface area contributed by atoms with Crippen molar-refractivity contribution in [3.63, 3.8) is 0 Å². The van der Waals surface area contributed by atoms with Crippen LogP contribution >= 0.6 is 12.4 Å². The first kappa shape index (κ1) is 19.9. The molecule has 2 fully saturated rings. The number of benzene rings is 1. The molecule has 1 aromatic rings. The summed E-state index contributed by atoms with van der Waals surface area (Å²) >= 11 is 0. The third-order valence-corrected chi connectivity index (χ3v) is 4.65. The molecule has 0 spiro atoms. The summed E-state index contributed by atoms with van der Waals surface area (Å²) in [5, 5.41) is 2.88. The Hall–Kier alpha value is -1.37. The summed E-state index contributed by atoms with van der Waals surface area (Å²) in [7, 11) is 0. The molecule has 3 rings (SSSR count). The van der Waals surface area contributed by atoms with Crippen molar-refractivity contribution in [2.45, 2.75) is 50.9 Å². The van der Waals surface area contributed by atoms with Crippen molar-refractivity contribution in [2.24, 2.45) is 11.7 Å². The van der Waals surface area contributed by atoms with Crippen molar-refractivity contribution in [2.75, 3.05) is 13.2 Å². The summed E-state index contributed by atoms with van der Waals surface area (Å²) < 4.78 is 25.2. The van der Waals surface area contributed by atoms with Gasteiger partial charge in [0.2, 0.25) is 5.91 Å². The van der Waals surface area contributed by atoms with Gasteiger partial charge in [0.25, 0.3) is 0 Å². The number of nitrogens with one attached hydrogen (secondary N) is 1. The zero-order valence-corrected chi connectivity index (χ0v) is 15.2. The van der Waals surface area contributed by atoms with Crippen molar-refractivity contribution in [3.05, 3.63) is 29.6 Å². The maximum Gasteiger partial charge on any atom is 0.249 e. The molecule has 3 atom stereocenters. The van der Waals surface area contributed by atoms with Crippen molar-refractivity contribution in [1.82, 2.24) is 5.32 Å². The van der Waals surface area contributed by atoms with Gasteiger partial charge in [0, 0.05) is 6.54 Å². The number of carbonyl (C=O) groups excluding carboxylic acids is 1. The summed E-state index contributed by atoms with van der Waals surface area (Å²) in [6, 6.07) is 4.54. The summed E-state index contributed by atoms with van der Waals surface area (Å²) in [4.78, 5) is 12.2. The Labute approximate surface area is 153 Å². The standard InChI is InChI=1S/C18H25FN2O3.ClH/c1-11(21-18(22)17-7-5-14(9-20)24-17)13-4-6-16(15(19)8-13)23-10-12-2-3-12;/h4,6,8,11-12,14,17H,2-3,5,7,9-10,20H2,1H3,(H,21,22);1H/t11?,14-,17+;/m1./s1. The molecule has 1 aliphatic heterocycles. The first-order valence-electron chi connectivity index (χ1n) is 8.65. The number of hydrogen-bond donors (Lipinski definition) is 2. The van der Waals surface area contributed by atoms with Gasteiger partial charge < -0.3 is 20.5 Å². The molecule has 0 aromatic heterocycles. The van der Waals surface area contributed by atoms with Gasteiger partial charge in [-0.15, -0.1) is 12.4 Å². The highest BCUT2D eigenvalue weighted by atomic mass is 35.5. The molecule has 7 heteroatoms. The summed E-state index contributed by atoms with van der Waals surface area (Å²) in [6.07, 6.45) is 3.28. The lowest BCUT2D eigenvalue weighted by Crippen LogP contribution is -2.37. The highest BCUT2D eigenvalue weighted by Gasteiger charge is 2.30. The molecule has 1 aromatic carbocycles. The number of nitrogens with two attached hydrogens (primary N) is 1.